The number of Topliss-reactive ketones (excluding diaryl/α,β-unsaturated/α-hetero) is 1. The van der Waals surface area contributed by atoms with E-state index in [1.165, 1.54) is 14.2 Å². The number of ketones is 1. The Bertz CT molecular complexity index is 1800. The lowest BCUT2D eigenvalue weighted by molar-refractivity contribution is -0.147. The van der Waals surface area contributed by atoms with E-state index in [-0.39, 0.29) is 37.0 Å². The van der Waals surface area contributed by atoms with Crippen LogP contribution >= 0.6 is 0 Å². The molecule has 0 aliphatic carbocycles. The molecule has 2 atom stereocenters. The molecule has 2 aromatic heterocycles. The Morgan fingerprint density at radius 3 is 2.00 bits per heavy atom. The van der Waals surface area contributed by atoms with Crippen LogP contribution in [0.25, 0.3) is 11.1 Å². The molecule has 1 amide bonds. The number of pyridine rings is 2. The van der Waals surface area contributed by atoms with Crippen molar-refractivity contribution in [1.29, 1.82) is 0 Å². The van der Waals surface area contributed by atoms with E-state index in [9.17, 15) is 29.4 Å². The van der Waals surface area contributed by atoms with Crippen molar-refractivity contribution in [1.82, 2.24) is 15.3 Å². The second-order valence-corrected chi connectivity index (χ2v) is 12.7. The van der Waals surface area contributed by atoms with E-state index in [1.807, 2.05) is 64.1 Å². The molecule has 274 valence electrons. The summed E-state index contributed by atoms with van der Waals surface area (Å²) in [5, 5.41) is 24.9. The molecular formula is C40H46N4O8. The third-order valence-corrected chi connectivity index (χ3v) is 9.35. The SMILES string of the molecule is COC(=O)[C@@H](CO)CCc1cnc(C(=O)Nc2cccc(-c3cccc(CC(=O)c4cc(C)c(CN[C@H](CO)C(=O)OC)cn4)c3C)c2C)cc1C. The third-order valence-electron chi connectivity index (χ3n) is 9.35. The summed E-state index contributed by atoms with van der Waals surface area (Å²) in [6, 6.07) is 14.1. The molecule has 2 heterocycles. The van der Waals surface area contributed by atoms with E-state index in [2.05, 4.69) is 20.6 Å². The summed E-state index contributed by atoms with van der Waals surface area (Å²) in [5.41, 5.74) is 8.99. The zero-order chi connectivity index (χ0) is 37.9. The monoisotopic (exact) mass is 710 g/mol. The quantitative estimate of drug-likeness (QED) is 0.0958. The van der Waals surface area contributed by atoms with Crippen molar-refractivity contribution in [2.24, 2.45) is 5.92 Å². The predicted molar refractivity (Wildman–Crippen MR) is 196 cm³/mol. The molecule has 0 saturated carbocycles. The minimum Gasteiger partial charge on any atom is -0.469 e. The number of hydrogen-bond donors (Lipinski definition) is 4. The van der Waals surface area contributed by atoms with E-state index in [4.69, 9.17) is 9.47 Å². The molecule has 0 saturated heterocycles. The van der Waals surface area contributed by atoms with Gasteiger partial charge in [-0.05, 0) is 109 Å². The van der Waals surface area contributed by atoms with Gasteiger partial charge in [0.1, 0.15) is 17.4 Å². The van der Waals surface area contributed by atoms with Crippen LogP contribution in [0, 0.1) is 33.6 Å². The number of rotatable bonds is 16. The number of amides is 1. The molecule has 12 heteroatoms. The first kappa shape index (κ1) is 39.5. The number of hydrogen-bond acceptors (Lipinski definition) is 11. The molecule has 0 bridgehead atoms. The molecule has 0 aliphatic heterocycles. The largest absolute Gasteiger partial charge is 0.469 e. The van der Waals surface area contributed by atoms with Crippen LogP contribution in [-0.4, -0.2) is 77.3 Å². The maximum absolute atomic E-state index is 13.4. The Hall–Kier alpha value is -5.30. The normalized spacial score (nSPS) is 12.2. The number of carbonyl (C=O) groups excluding carboxylic acids is 4. The van der Waals surface area contributed by atoms with Crippen LogP contribution in [0.1, 0.15) is 66.3 Å². The highest BCUT2D eigenvalue weighted by Gasteiger charge is 2.21. The molecule has 52 heavy (non-hydrogen) atoms. The van der Waals surface area contributed by atoms with Gasteiger partial charge in [-0.2, -0.15) is 0 Å². The molecule has 12 nitrogen and oxygen atoms in total. The summed E-state index contributed by atoms with van der Waals surface area (Å²) in [6.07, 6.45) is 4.25. The second-order valence-electron chi connectivity index (χ2n) is 12.7. The average Bonchev–Trinajstić information content (AvgIpc) is 3.14. The first-order valence-electron chi connectivity index (χ1n) is 17.0. The molecular weight excluding hydrogens is 664 g/mol. The van der Waals surface area contributed by atoms with E-state index >= 15 is 0 Å². The Kier molecular flexibility index (Phi) is 13.9. The molecule has 0 radical (unpaired) electrons. The van der Waals surface area contributed by atoms with Gasteiger partial charge in [0.25, 0.3) is 5.91 Å². The summed E-state index contributed by atoms with van der Waals surface area (Å²) in [6.45, 7) is 7.19. The van der Waals surface area contributed by atoms with Gasteiger partial charge in [-0.15, -0.1) is 0 Å². The summed E-state index contributed by atoms with van der Waals surface area (Å²) in [4.78, 5) is 59.1. The number of aromatic nitrogens is 2. The van der Waals surface area contributed by atoms with Crippen molar-refractivity contribution in [3.05, 3.63) is 111 Å². The number of anilines is 1. The molecule has 4 aromatic rings. The van der Waals surface area contributed by atoms with E-state index in [0.29, 0.717) is 24.2 Å². The first-order valence-corrected chi connectivity index (χ1v) is 17.0. The third kappa shape index (κ3) is 9.52. The summed E-state index contributed by atoms with van der Waals surface area (Å²) in [7, 11) is 2.55. The van der Waals surface area contributed by atoms with Crippen molar-refractivity contribution in [3.63, 3.8) is 0 Å². The molecule has 4 rings (SSSR count). The zero-order valence-corrected chi connectivity index (χ0v) is 30.4. The molecule has 0 aliphatic rings. The molecule has 4 N–H and O–H groups in total. The van der Waals surface area contributed by atoms with Crippen molar-refractivity contribution >= 4 is 29.3 Å². The van der Waals surface area contributed by atoms with Crippen LogP contribution < -0.4 is 10.6 Å². The maximum atomic E-state index is 13.4. The lowest BCUT2D eigenvalue weighted by Gasteiger charge is -2.17. The van der Waals surface area contributed by atoms with E-state index in [0.717, 1.165) is 50.1 Å². The van der Waals surface area contributed by atoms with Crippen molar-refractivity contribution in [2.75, 3.05) is 32.8 Å². The van der Waals surface area contributed by atoms with Crippen molar-refractivity contribution < 1.29 is 38.9 Å². The smallest absolute Gasteiger partial charge is 0.325 e. The number of aliphatic hydroxyl groups is 2. The van der Waals surface area contributed by atoms with Gasteiger partial charge in [0.05, 0.1) is 33.4 Å². The number of methoxy groups -OCH3 is 2. The summed E-state index contributed by atoms with van der Waals surface area (Å²) >= 11 is 0. The van der Waals surface area contributed by atoms with Gasteiger partial charge in [0.2, 0.25) is 0 Å². The van der Waals surface area contributed by atoms with E-state index in [1.54, 1.807) is 24.5 Å². The van der Waals surface area contributed by atoms with Gasteiger partial charge in [0.15, 0.2) is 5.78 Å². The molecule has 0 unspecified atom stereocenters. The molecule has 0 spiro atoms. The fraction of sp³-hybridized carbons (Fsp3) is 0.350. The number of carbonyl (C=O) groups is 4. The minimum atomic E-state index is -0.861. The Morgan fingerprint density at radius 1 is 0.750 bits per heavy atom. The number of aryl methyl sites for hydroxylation is 3. The number of benzene rings is 2. The van der Waals surface area contributed by atoms with Crippen molar-refractivity contribution in [3.8, 4) is 11.1 Å². The minimum absolute atomic E-state index is 0.137. The lowest BCUT2D eigenvalue weighted by Crippen LogP contribution is -2.40. The number of esters is 2. The van der Waals surface area contributed by atoms with Crippen LogP contribution in [-0.2, 0) is 38.4 Å². The van der Waals surface area contributed by atoms with Gasteiger partial charge >= 0.3 is 11.9 Å². The highest BCUT2D eigenvalue weighted by molar-refractivity contribution is 6.04. The average molecular weight is 711 g/mol. The fourth-order valence-electron chi connectivity index (χ4n) is 5.95. The van der Waals surface area contributed by atoms with Gasteiger partial charge in [-0.1, -0.05) is 30.3 Å². The van der Waals surface area contributed by atoms with Gasteiger partial charge < -0.3 is 25.0 Å². The van der Waals surface area contributed by atoms with Crippen LogP contribution in [0.2, 0.25) is 0 Å². The zero-order valence-electron chi connectivity index (χ0n) is 30.4. The number of nitrogens with zero attached hydrogens (tertiary/aromatic N) is 2. The predicted octanol–water partition coefficient (Wildman–Crippen LogP) is 4.39. The van der Waals surface area contributed by atoms with Gasteiger partial charge in [0, 0.05) is 31.0 Å². The number of nitrogens with one attached hydrogen (secondary N) is 2. The van der Waals surface area contributed by atoms with Crippen LogP contribution in [0.3, 0.4) is 0 Å². The summed E-state index contributed by atoms with van der Waals surface area (Å²) < 4.78 is 9.44. The number of aliphatic hydroxyl groups excluding tert-OH is 2. The van der Waals surface area contributed by atoms with Crippen LogP contribution in [0.15, 0.2) is 60.9 Å². The number of ether oxygens (including phenoxy) is 2. The van der Waals surface area contributed by atoms with E-state index < -0.39 is 30.5 Å². The first-order chi connectivity index (χ1) is 24.9. The van der Waals surface area contributed by atoms with Crippen LogP contribution in [0.5, 0.6) is 0 Å². The van der Waals surface area contributed by atoms with Gasteiger partial charge in [-0.25, -0.2) is 0 Å². The van der Waals surface area contributed by atoms with Crippen LogP contribution in [0.4, 0.5) is 5.69 Å². The Morgan fingerprint density at radius 2 is 1.37 bits per heavy atom. The molecule has 0 fully saturated rings. The second kappa shape index (κ2) is 18.3. The van der Waals surface area contributed by atoms with Gasteiger partial charge in [-0.3, -0.25) is 34.5 Å². The van der Waals surface area contributed by atoms with Crippen molar-refractivity contribution in [2.45, 2.75) is 59.5 Å². The maximum Gasteiger partial charge on any atom is 0.325 e. The lowest BCUT2D eigenvalue weighted by atomic mass is 9.91. The highest BCUT2D eigenvalue weighted by atomic mass is 16.5. The fourth-order valence-corrected chi connectivity index (χ4v) is 5.95. The topological polar surface area (TPSA) is 177 Å². The Balaban J connectivity index is 1.46. The highest BCUT2D eigenvalue weighted by Crippen LogP contribution is 2.33. The summed E-state index contributed by atoms with van der Waals surface area (Å²) in [5.74, 6) is -2.16. The standard InChI is InChI=1S/C40H46N4O8/c1-23-16-35(42-18-28(23)13-14-29(21-45)39(49)51-5)38(48)44-33-12-8-11-32(26(33)4)31-10-7-9-27(25(31)3)17-37(47)34-15-24(2)30(19-41-34)20-43-36(22-46)40(50)52-6/h7-12,15-16,18-19,29,36,43,45-46H,13-14,17,20-22H2,1-6H3,(H,44,48)/t29-,36-/m1/s1. The Labute approximate surface area is 303 Å². The molecule has 2 aromatic carbocycles.